The Kier molecular flexibility index (Phi) is 3.85. The molecule has 1 aliphatic carbocycles. The van der Waals surface area contributed by atoms with Crippen molar-refractivity contribution < 1.29 is 4.79 Å². The van der Waals surface area contributed by atoms with Gasteiger partial charge in [0.2, 0.25) is 5.91 Å². The van der Waals surface area contributed by atoms with Gasteiger partial charge in [0.05, 0.1) is 0 Å². The van der Waals surface area contributed by atoms with E-state index in [9.17, 15) is 4.79 Å². The molecule has 5 nitrogen and oxygen atoms in total. The van der Waals surface area contributed by atoms with E-state index in [1.807, 2.05) is 6.07 Å². The van der Waals surface area contributed by atoms with Crippen LogP contribution in [0, 0.1) is 5.92 Å². The van der Waals surface area contributed by atoms with Crippen molar-refractivity contribution in [1.29, 1.82) is 0 Å². The molecule has 2 unspecified atom stereocenters. The first-order valence-electron chi connectivity index (χ1n) is 8.55. The van der Waals surface area contributed by atoms with Crippen LogP contribution in [-0.2, 0) is 4.79 Å². The van der Waals surface area contributed by atoms with Crippen molar-refractivity contribution >= 4 is 16.9 Å². The molecule has 1 saturated heterocycles. The number of hydrogen-bond acceptors (Lipinski definition) is 3. The number of nitrogens with zero attached hydrogens (tertiary/aromatic N) is 3. The van der Waals surface area contributed by atoms with Gasteiger partial charge in [-0.25, -0.2) is 4.98 Å². The maximum absolute atomic E-state index is 12.8. The zero-order valence-electron chi connectivity index (χ0n) is 13.2. The zero-order chi connectivity index (χ0) is 15.6. The molecule has 0 saturated carbocycles. The molecule has 5 heteroatoms. The normalized spacial score (nSPS) is 25.0. The number of piperidine rings is 1. The van der Waals surface area contributed by atoms with Gasteiger partial charge < -0.3 is 4.90 Å². The van der Waals surface area contributed by atoms with E-state index in [1.165, 1.54) is 0 Å². The molecule has 1 fully saturated rings. The summed E-state index contributed by atoms with van der Waals surface area (Å²) in [5.41, 5.74) is 1.90. The third kappa shape index (κ3) is 2.76. The van der Waals surface area contributed by atoms with Crippen LogP contribution in [0.2, 0.25) is 0 Å². The molecule has 1 amide bonds. The number of nitrogens with one attached hydrogen (secondary N) is 1. The van der Waals surface area contributed by atoms with E-state index in [4.69, 9.17) is 0 Å². The van der Waals surface area contributed by atoms with Crippen molar-refractivity contribution in [3.63, 3.8) is 0 Å². The molecular weight excluding hydrogens is 288 g/mol. The van der Waals surface area contributed by atoms with E-state index >= 15 is 0 Å². The fourth-order valence-electron chi connectivity index (χ4n) is 3.87. The summed E-state index contributed by atoms with van der Waals surface area (Å²) in [7, 11) is 0. The second-order valence-corrected chi connectivity index (χ2v) is 6.62. The zero-order valence-corrected chi connectivity index (χ0v) is 13.2. The molecule has 1 aliphatic heterocycles. The summed E-state index contributed by atoms with van der Waals surface area (Å²) in [6, 6.07) is 4.01. The first-order chi connectivity index (χ1) is 11.3. The average molecular weight is 310 g/mol. The number of likely N-dealkylation sites (tertiary alicyclic amines) is 1. The van der Waals surface area contributed by atoms with Crippen LogP contribution >= 0.6 is 0 Å². The lowest BCUT2D eigenvalue weighted by atomic mass is 9.89. The Bertz CT molecular complexity index is 735. The highest BCUT2D eigenvalue weighted by Crippen LogP contribution is 2.31. The van der Waals surface area contributed by atoms with Gasteiger partial charge in [0.1, 0.15) is 0 Å². The van der Waals surface area contributed by atoms with Crippen molar-refractivity contribution in [2.75, 3.05) is 13.1 Å². The third-order valence-electron chi connectivity index (χ3n) is 5.12. The molecule has 2 aliphatic rings. The SMILES string of the molecule is O=C(C1CC=CCC1)N1CCCC(c2[nH]nc3ncccc23)C1. The first kappa shape index (κ1) is 14.4. The molecule has 0 bridgehead atoms. The molecule has 0 radical (unpaired) electrons. The Balaban J connectivity index is 1.52. The maximum Gasteiger partial charge on any atom is 0.226 e. The van der Waals surface area contributed by atoms with Gasteiger partial charge in [-0.3, -0.25) is 9.89 Å². The number of H-pyrrole nitrogens is 1. The molecular formula is C18H22N4O. The van der Waals surface area contributed by atoms with Crippen LogP contribution in [0.25, 0.3) is 11.0 Å². The number of carbonyl (C=O) groups is 1. The lowest BCUT2D eigenvalue weighted by molar-refractivity contribution is -0.137. The molecule has 1 N–H and O–H groups in total. The summed E-state index contributed by atoms with van der Waals surface area (Å²) in [6.07, 6.45) is 11.2. The Morgan fingerprint density at radius 3 is 3.13 bits per heavy atom. The molecule has 3 heterocycles. The number of rotatable bonds is 2. The van der Waals surface area contributed by atoms with Crippen molar-refractivity contribution in [3.8, 4) is 0 Å². The fraction of sp³-hybridized carbons (Fsp3) is 0.500. The molecule has 2 aromatic heterocycles. The highest BCUT2D eigenvalue weighted by molar-refractivity contribution is 5.80. The maximum atomic E-state index is 12.8. The van der Waals surface area contributed by atoms with Crippen molar-refractivity contribution in [2.24, 2.45) is 5.92 Å². The molecule has 0 aromatic carbocycles. The highest BCUT2D eigenvalue weighted by Gasteiger charge is 2.30. The first-order valence-corrected chi connectivity index (χ1v) is 8.55. The van der Waals surface area contributed by atoms with Crippen LogP contribution in [0.3, 0.4) is 0 Å². The Hall–Kier alpha value is -2.17. The Labute approximate surface area is 135 Å². The van der Waals surface area contributed by atoms with Gasteiger partial charge in [0.25, 0.3) is 0 Å². The third-order valence-corrected chi connectivity index (χ3v) is 5.12. The number of aromatic amines is 1. The minimum absolute atomic E-state index is 0.180. The van der Waals surface area contributed by atoms with Crippen LogP contribution in [-0.4, -0.2) is 39.1 Å². The van der Waals surface area contributed by atoms with Crippen LogP contribution < -0.4 is 0 Å². The van der Waals surface area contributed by atoms with Gasteiger partial charge in [-0.1, -0.05) is 12.2 Å². The largest absolute Gasteiger partial charge is 0.342 e. The Morgan fingerprint density at radius 1 is 1.30 bits per heavy atom. The van der Waals surface area contributed by atoms with E-state index in [2.05, 4.69) is 38.3 Å². The molecule has 2 atom stereocenters. The lowest BCUT2D eigenvalue weighted by Gasteiger charge is -2.35. The second kappa shape index (κ2) is 6.14. The summed E-state index contributed by atoms with van der Waals surface area (Å²) in [5, 5.41) is 8.56. The predicted molar refractivity (Wildman–Crippen MR) is 88.9 cm³/mol. The van der Waals surface area contributed by atoms with Crippen LogP contribution in [0.15, 0.2) is 30.5 Å². The number of hydrogen-bond donors (Lipinski definition) is 1. The van der Waals surface area contributed by atoms with Crippen molar-refractivity contribution in [2.45, 2.75) is 38.0 Å². The number of fused-ring (bicyclic) bond motifs is 1. The smallest absolute Gasteiger partial charge is 0.226 e. The van der Waals surface area contributed by atoms with E-state index in [0.29, 0.717) is 11.8 Å². The topological polar surface area (TPSA) is 61.9 Å². The summed E-state index contributed by atoms with van der Waals surface area (Å²) in [4.78, 5) is 19.1. The lowest BCUT2D eigenvalue weighted by Crippen LogP contribution is -2.42. The predicted octanol–water partition coefficient (Wildman–Crippen LogP) is 3.02. The minimum Gasteiger partial charge on any atom is -0.342 e. The second-order valence-electron chi connectivity index (χ2n) is 6.62. The van der Waals surface area contributed by atoms with Gasteiger partial charge in [-0.05, 0) is 44.2 Å². The van der Waals surface area contributed by atoms with Gasteiger partial charge in [-0.15, -0.1) is 0 Å². The summed E-state index contributed by atoms with van der Waals surface area (Å²) in [6.45, 7) is 1.69. The number of allylic oxidation sites excluding steroid dienone is 2. The van der Waals surface area contributed by atoms with Gasteiger partial charge in [0, 0.05) is 42.2 Å². The van der Waals surface area contributed by atoms with Crippen LogP contribution in [0.5, 0.6) is 0 Å². The number of pyridine rings is 1. The Morgan fingerprint density at radius 2 is 2.26 bits per heavy atom. The summed E-state index contributed by atoms with van der Waals surface area (Å²) in [5.74, 6) is 0.848. The highest BCUT2D eigenvalue weighted by atomic mass is 16.2. The van der Waals surface area contributed by atoms with Gasteiger partial charge in [0.15, 0.2) is 5.65 Å². The van der Waals surface area contributed by atoms with Crippen molar-refractivity contribution in [1.82, 2.24) is 20.1 Å². The summed E-state index contributed by atoms with van der Waals surface area (Å²) < 4.78 is 0. The van der Waals surface area contributed by atoms with E-state index in [0.717, 1.165) is 61.9 Å². The number of aromatic nitrogens is 3. The van der Waals surface area contributed by atoms with Gasteiger partial charge in [-0.2, -0.15) is 5.10 Å². The minimum atomic E-state index is 0.180. The molecule has 23 heavy (non-hydrogen) atoms. The van der Waals surface area contributed by atoms with Crippen LogP contribution in [0.1, 0.15) is 43.7 Å². The van der Waals surface area contributed by atoms with E-state index in [-0.39, 0.29) is 5.92 Å². The quantitative estimate of drug-likeness (QED) is 0.867. The van der Waals surface area contributed by atoms with Crippen molar-refractivity contribution in [3.05, 3.63) is 36.2 Å². The number of carbonyl (C=O) groups excluding carboxylic acids is 1. The molecule has 120 valence electrons. The standard InChI is InChI=1S/C18H22N4O/c23-18(13-6-2-1-3-7-13)22-11-5-8-14(12-22)16-15-9-4-10-19-17(15)21-20-16/h1-2,4,9-10,13-14H,3,5-8,11-12H2,(H,19,20,21). The monoisotopic (exact) mass is 310 g/mol. The summed E-state index contributed by atoms with van der Waals surface area (Å²) >= 11 is 0. The molecule has 2 aromatic rings. The van der Waals surface area contributed by atoms with Crippen LogP contribution in [0.4, 0.5) is 0 Å². The fourth-order valence-corrected chi connectivity index (χ4v) is 3.87. The van der Waals surface area contributed by atoms with E-state index in [1.54, 1.807) is 6.20 Å². The molecule has 4 rings (SSSR count). The van der Waals surface area contributed by atoms with Gasteiger partial charge >= 0.3 is 0 Å². The average Bonchev–Trinajstić information content (AvgIpc) is 3.06. The van der Waals surface area contributed by atoms with E-state index < -0.39 is 0 Å². The molecule has 0 spiro atoms. The number of amides is 1.